The van der Waals surface area contributed by atoms with Crippen LogP contribution in [-0.4, -0.2) is 9.97 Å². The third-order valence-electron chi connectivity index (χ3n) is 3.74. The van der Waals surface area contributed by atoms with Crippen LogP contribution in [0.25, 0.3) is 32.9 Å². The van der Waals surface area contributed by atoms with Crippen LogP contribution in [0.1, 0.15) is 19.7 Å². The normalized spacial score (nSPS) is 10.4. The van der Waals surface area contributed by atoms with Crippen LogP contribution in [0.15, 0.2) is 66.7 Å². The minimum absolute atomic E-state index is 0.803. The summed E-state index contributed by atoms with van der Waals surface area (Å²) in [5.41, 5.74) is 3.13. The molecule has 1 aromatic heterocycles. The lowest BCUT2D eigenvalue weighted by atomic mass is 10.0. The van der Waals surface area contributed by atoms with Crippen LogP contribution in [0, 0.1) is 6.92 Å². The molecule has 0 saturated carbocycles. The Hall–Kier alpha value is -2.74. The van der Waals surface area contributed by atoms with E-state index in [1.54, 1.807) is 0 Å². The van der Waals surface area contributed by atoms with Crippen molar-refractivity contribution in [1.82, 2.24) is 9.97 Å². The molecule has 0 aliphatic heterocycles. The average molecular weight is 300 g/mol. The van der Waals surface area contributed by atoms with Gasteiger partial charge in [-0.05, 0) is 29.8 Å². The Morgan fingerprint density at radius 1 is 0.696 bits per heavy atom. The van der Waals surface area contributed by atoms with E-state index in [4.69, 9.17) is 0 Å². The SMILES string of the molecule is CC.Cc1nc(-c2ccc3ccccc3c2)c2ccccc2n1. The maximum Gasteiger partial charge on any atom is 0.126 e. The molecule has 1 heterocycles. The number of aromatic nitrogens is 2. The summed E-state index contributed by atoms with van der Waals surface area (Å²) in [6, 6.07) is 23.0. The molecule has 4 rings (SSSR count). The van der Waals surface area contributed by atoms with Gasteiger partial charge in [-0.3, -0.25) is 0 Å². The Morgan fingerprint density at radius 3 is 2.22 bits per heavy atom. The summed E-state index contributed by atoms with van der Waals surface area (Å²) in [5.74, 6) is 0.803. The zero-order valence-corrected chi connectivity index (χ0v) is 13.7. The third-order valence-corrected chi connectivity index (χ3v) is 3.74. The van der Waals surface area contributed by atoms with Gasteiger partial charge in [0.1, 0.15) is 5.82 Å². The molecule has 0 N–H and O–H groups in total. The van der Waals surface area contributed by atoms with E-state index in [1.807, 2.05) is 39.0 Å². The Kier molecular flexibility index (Phi) is 4.33. The number of hydrogen-bond acceptors (Lipinski definition) is 2. The van der Waals surface area contributed by atoms with Crippen molar-refractivity contribution in [3.63, 3.8) is 0 Å². The number of benzene rings is 3. The summed E-state index contributed by atoms with van der Waals surface area (Å²) in [6.45, 7) is 5.94. The molecule has 0 aliphatic rings. The van der Waals surface area contributed by atoms with Crippen molar-refractivity contribution < 1.29 is 0 Å². The smallest absolute Gasteiger partial charge is 0.126 e. The van der Waals surface area contributed by atoms with E-state index in [0.29, 0.717) is 0 Å². The number of hydrogen-bond donors (Lipinski definition) is 0. The molecule has 0 atom stereocenters. The second-order valence-electron chi connectivity index (χ2n) is 5.20. The van der Waals surface area contributed by atoms with E-state index in [1.165, 1.54) is 10.8 Å². The first-order valence-corrected chi connectivity index (χ1v) is 8.04. The monoisotopic (exact) mass is 300 g/mol. The molecule has 2 heteroatoms. The first-order valence-electron chi connectivity index (χ1n) is 8.04. The molecule has 0 bridgehead atoms. The van der Waals surface area contributed by atoms with Crippen molar-refractivity contribution in [2.75, 3.05) is 0 Å². The van der Waals surface area contributed by atoms with Crippen molar-refractivity contribution in [3.8, 4) is 11.3 Å². The molecule has 0 spiro atoms. The van der Waals surface area contributed by atoms with Gasteiger partial charge in [-0.15, -0.1) is 0 Å². The van der Waals surface area contributed by atoms with E-state index in [0.717, 1.165) is 28.0 Å². The molecule has 0 aliphatic carbocycles. The van der Waals surface area contributed by atoms with Gasteiger partial charge < -0.3 is 0 Å². The summed E-state index contributed by atoms with van der Waals surface area (Å²) in [4.78, 5) is 9.18. The summed E-state index contributed by atoms with van der Waals surface area (Å²) in [7, 11) is 0. The van der Waals surface area contributed by atoms with Gasteiger partial charge in [-0.1, -0.05) is 68.4 Å². The highest BCUT2D eigenvalue weighted by molar-refractivity contribution is 5.95. The van der Waals surface area contributed by atoms with Crippen LogP contribution in [0.3, 0.4) is 0 Å². The topological polar surface area (TPSA) is 25.8 Å². The second-order valence-corrected chi connectivity index (χ2v) is 5.20. The molecule has 2 nitrogen and oxygen atoms in total. The standard InChI is InChI=1S/C19H14N2.C2H6/c1-13-20-18-9-5-4-8-17(18)19(21-13)16-11-10-14-6-2-3-7-15(14)12-16;1-2/h2-12H,1H3;1-2H3. The lowest BCUT2D eigenvalue weighted by molar-refractivity contribution is 1.10. The molecule has 23 heavy (non-hydrogen) atoms. The summed E-state index contributed by atoms with van der Waals surface area (Å²) in [6.07, 6.45) is 0. The van der Waals surface area contributed by atoms with E-state index >= 15 is 0 Å². The lowest BCUT2D eigenvalue weighted by Gasteiger charge is -2.08. The van der Waals surface area contributed by atoms with Crippen molar-refractivity contribution in [1.29, 1.82) is 0 Å². The van der Waals surface area contributed by atoms with Gasteiger partial charge in [-0.2, -0.15) is 0 Å². The van der Waals surface area contributed by atoms with E-state index in [-0.39, 0.29) is 0 Å². The zero-order chi connectivity index (χ0) is 16.2. The highest BCUT2D eigenvalue weighted by atomic mass is 14.9. The van der Waals surface area contributed by atoms with Crippen molar-refractivity contribution in [2.24, 2.45) is 0 Å². The highest BCUT2D eigenvalue weighted by Crippen LogP contribution is 2.28. The molecule has 114 valence electrons. The minimum atomic E-state index is 0.803. The van der Waals surface area contributed by atoms with Gasteiger partial charge in [0.2, 0.25) is 0 Å². The predicted molar refractivity (Wildman–Crippen MR) is 98.6 cm³/mol. The number of aryl methyl sites for hydroxylation is 1. The van der Waals surface area contributed by atoms with E-state index in [9.17, 15) is 0 Å². The van der Waals surface area contributed by atoms with Crippen LogP contribution in [0.2, 0.25) is 0 Å². The van der Waals surface area contributed by atoms with Crippen LogP contribution in [0.4, 0.5) is 0 Å². The molecule has 0 amide bonds. The fourth-order valence-electron chi connectivity index (χ4n) is 2.75. The molecule has 0 fully saturated rings. The molecule has 0 unspecified atom stereocenters. The number of rotatable bonds is 1. The van der Waals surface area contributed by atoms with Crippen LogP contribution in [-0.2, 0) is 0 Å². The lowest BCUT2D eigenvalue weighted by Crippen LogP contribution is -1.93. The average Bonchev–Trinajstić information content (AvgIpc) is 2.62. The van der Waals surface area contributed by atoms with Crippen molar-refractivity contribution in [3.05, 3.63) is 72.6 Å². The first-order chi connectivity index (χ1) is 11.3. The Labute approximate surface area is 136 Å². The van der Waals surface area contributed by atoms with Gasteiger partial charge in [0.25, 0.3) is 0 Å². The molecular weight excluding hydrogens is 280 g/mol. The molecule has 4 aromatic rings. The zero-order valence-electron chi connectivity index (χ0n) is 13.7. The number of para-hydroxylation sites is 1. The van der Waals surface area contributed by atoms with Gasteiger partial charge in [0.05, 0.1) is 11.2 Å². The summed E-state index contributed by atoms with van der Waals surface area (Å²) >= 11 is 0. The van der Waals surface area contributed by atoms with Crippen LogP contribution in [0.5, 0.6) is 0 Å². The predicted octanol–water partition coefficient (Wildman–Crippen LogP) is 5.78. The largest absolute Gasteiger partial charge is 0.233 e. The van der Waals surface area contributed by atoms with E-state index < -0.39 is 0 Å². The summed E-state index contributed by atoms with van der Waals surface area (Å²) in [5, 5.41) is 3.57. The van der Waals surface area contributed by atoms with Crippen LogP contribution < -0.4 is 0 Å². The number of nitrogens with zero attached hydrogens (tertiary/aromatic N) is 2. The van der Waals surface area contributed by atoms with E-state index in [2.05, 4.69) is 58.5 Å². The second kappa shape index (κ2) is 6.57. The molecule has 0 radical (unpaired) electrons. The van der Waals surface area contributed by atoms with Crippen LogP contribution >= 0.6 is 0 Å². The third kappa shape index (κ3) is 2.93. The van der Waals surface area contributed by atoms with Gasteiger partial charge in [-0.25, -0.2) is 9.97 Å². The van der Waals surface area contributed by atoms with Crippen molar-refractivity contribution >= 4 is 21.7 Å². The molecule has 0 saturated heterocycles. The Balaban J connectivity index is 0.000000753. The first kappa shape index (κ1) is 15.2. The highest BCUT2D eigenvalue weighted by Gasteiger charge is 2.08. The fourth-order valence-corrected chi connectivity index (χ4v) is 2.75. The van der Waals surface area contributed by atoms with Crippen molar-refractivity contribution in [2.45, 2.75) is 20.8 Å². The van der Waals surface area contributed by atoms with Gasteiger partial charge in [0.15, 0.2) is 0 Å². The minimum Gasteiger partial charge on any atom is -0.233 e. The molecular formula is C21H20N2. The summed E-state index contributed by atoms with van der Waals surface area (Å²) < 4.78 is 0. The maximum absolute atomic E-state index is 4.67. The Morgan fingerprint density at radius 2 is 1.39 bits per heavy atom. The number of fused-ring (bicyclic) bond motifs is 2. The quantitative estimate of drug-likeness (QED) is 0.445. The molecule has 3 aromatic carbocycles. The fraction of sp³-hybridized carbons (Fsp3) is 0.143. The van der Waals surface area contributed by atoms with Gasteiger partial charge in [0, 0.05) is 10.9 Å². The Bertz CT molecular complexity index is 958. The van der Waals surface area contributed by atoms with Gasteiger partial charge >= 0.3 is 0 Å². The maximum atomic E-state index is 4.67.